The maximum atomic E-state index is 11.9. The van der Waals surface area contributed by atoms with Crippen LogP contribution in [0.25, 0.3) is 6.08 Å². The summed E-state index contributed by atoms with van der Waals surface area (Å²) in [5.74, 6) is -0.0157. The molecule has 1 amide bonds. The van der Waals surface area contributed by atoms with Crippen LogP contribution in [0.5, 0.6) is 5.75 Å². The van der Waals surface area contributed by atoms with E-state index in [1.165, 1.54) is 12.2 Å². The van der Waals surface area contributed by atoms with E-state index in [4.69, 9.17) is 9.47 Å². The number of nitrogens with one attached hydrogen (secondary N) is 1. The van der Waals surface area contributed by atoms with E-state index in [-0.39, 0.29) is 6.61 Å². The molecule has 114 valence electrons. The Morgan fingerprint density at radius 3 is 2.95 bits per heavy atom. The van der Waals surface area contributed by atoms with Crippen LogP contribution in [0.4, 0.5) is 0 Å². The summed E-state index contributed by atoms with van der Waals surface area (Å²) >= 11 is 0. The molecule has 1 heterocycles. The van der Waals surface area contributed by atoms with Crippen molar-refractivity contribution in [1.82, 2.24) is 4.72 Å². The topological polar surface area (TPSA) is 81.7 Å². The summed E-state index contributed by atoms with van der Waals surface area (Å²) in [6.45, 7) is 0.529. The molecule has 0 radical (unpaired) electrons. The highest BCUT2D eigenvalue weighted by molar-refractivity contribution is 7.90. The molecule has 21 heavy (non-hydrogen) atoms. The number of carbonyl (C=O) groups is 1. The summed E-state index contributed by atoms with van der Waals surface area (Å²) in [5, 5.41) is -0.660. The van der Waals surface area contributed by atoms with Gasteiger partial charge in [0.1, 0.15) is 11.0 Å². The van der Waals surface area contributed by atoms with Crippen LogP contribution in [0, 0.1) is 0 Å². The molecule has 1 unspecified atom stereocenters. The van der Waals surface area contributed by atoms with Gasteiger partial charge in [-0.15, -0.1) is 0 Å². The molecule has 1 atom stereocenters. The summed E-state index contributed by atoms with van der Waals surface area (Å²) in [4.78, 5) is 11.7. The van der Waals surface area contributed by atoms with Gasteiger partial charge in [-0.2, -0.15) is 0 Å². The number of rotatable bonds is 5. The molecule has 0 bridgehead atoms. The lowest BCUT2D eigenvalue weighted by molar-refractivity contribution is -0.114. The number of hydrogen-bond acceptors (Lipinski definition) is 5. The molecule has 1 aliphatic rings. The van der Waals surface area contributed by atoms with E-state index in [9.17, 15) is 13.2 Å². The van der Waals surface area contributed by atoms with E-state index in [1.54, 1.807) is 31.4 Å². The predicted octanol–water partition coefficient (Wildman–Crippen LogP) is 0.943. The lowest BCUT2D eigenvalue weighted by Crippen LogP contribution is -2.37. The standard InChI is InChI=1S/C14H17NO5S/c1-19-12-4-2-3-11(9-12)5-6-14(16)15-21(17,18)13-7-8-20-10-13/h2-6,9,13H,7-8,10H2,1H3,(H,15,16)/b6-5+. The van der Waals surface area contributed by atoms with Crippen molar-refractivity contribution in [3.8, 4) is 5.75 Å². The predicted molar refractivity (Wildman–Crippen MR) is 78.3 cm³/mol. The van der Waals surface area contributed by atoms with Gasteiger partial charge in [0.05, 0.1) is 13.7 Å². The van der Waals surface area contributed by atoms with Crippen molar-refractivity contribution in [2.24, 2.45) is 0 Å². The molecule has 1 aromatic carbocycles. The minimum atomic E-state index is -3.68. The van der Waals surface area contributed by atoms with Crippen LogP contribution in [0.2, 0.25) is 0 Å². The van der Waals surface area contributed by atoms with Crippen LogP contribution in [0.1, 0.15) is 12.0 Å². The summed E-state index contributed by atoms with van der Waals surface area (Å²) in [6.07, 6.45) is 3.11. The Balaban J connectivity index is 1.99. The van der Waals surface area contributed by atoms with Gasteiger partial charge >= 0.3 is 0 Å². The van der Waals surface area contributed by atoms with Crippen LogP contribution in [-0.4, -0.2) is 39.9 Å². The summed E-state index contributed by atoms with van der Waals surface area (Å²) in [7, 11) is -2.13. The maximum Gasteiger partial charge on any atom is 0.257 e. The van der Waals surface area contributed by atoms with Crippen LogP contribution in [0.3, 0.4) is 0 Å². The normalized spacial score (nSPS) is 18.8. The van der Waals surface area contributed by atoms with Gasteiger partial charge in [-0.05, 0) is 30.2 Å². The van der Waals surface area contributed by atoms with Gasteiger partial charge in [-0.25, -0.2) is 13.1 Å². The fourth-order valence-corrected chi connectivity index (χ4v) is 3.13. The van der Waals surface area contributed by atoms with E-state index in [1.807, 2.05) is 4.72 Å². The molecule has 7 heteroatoms. The second kappa shape index (κ2) is 6.73. The zero-order chi connectivity index (χ0) is 15.3. The van der Waals surface area contributed by atoms with Gasteiger partial charge in [0.15, 0.2) is 0 Å². The third-order valence-electron chi connectivity index (χ3n) is 3.09. The number of hydrogen-bond donors (Lipinski definition) is 1. The van der Waals surface area contributed by atoms with Crippen molar-refractivity contribution in [3.05, 3.63) is 35.9 Å². The summed E-state index contributed by atoms with van der Waals surface area (Å²) in [5.41, 5.74) is 0.742. The highest BCUT2D eigenvalue weighted by atomic mass is 32.2. The number of amides is 1. The first kappa shape index (κ1) is 15.5. The molecule has 2 rings (SSSR count). The molecule has 6 nitrogen and oxygen atoms in total. The lowest BCUT2D eigenvalue weighted by Gasteiger charge is -2.09. The zero-order valence-electron chi connectivity index (χ0n) is 11.6. The van der Waals surface area contributed by atoms with E-state index < -0.39 is 21.2 Å². The second-order valence-corrected chi connectivity index (χ2v) is 6.57. The van der Waals surface area contributed by atoms with Gasteiger partial charge < -0.3 is 9.47 Å². The van der Waals surface area contributed by atoms with Crippen molar-refractivity contribution in [1.29, 1.82) is 0 Å². The third kappa shape index (κ3) is 4.30. The maximum absolute atomic E-state index is 11.9. The molecule has 0 spiro atoms. The van der Waals surface area contributed by atoms with E-state index in [0.717, 1.165) is 5.56 Å². The molecular formula is C14H17NO5S. The Hall–Kier alpha value is -1.86. The molecular weight excluding hydrogens is 294 g/mol. The number of methoxy groups -OCH3 is 1. The summed E-state index contributed by atoms with van der Waals surface area (Å²) < 4.78 is 35.9. The first-order valence-corrected chi connectivity index (χ1v) is 8.01. The summed E-state index contributed by atoms with van der Waals surface area (Å²) in [6, 6.07) is 7.08. The van der Waals surface area contributed by atoms with Gasteiger partial charge in [-0.1, -0.05) is 12.1 Å². The Labute approximate surface area is 123 Å². The van der Waals surface area contributed by atoms with Crippen molar-refractivity contribution < 1.29 is 22.7 Å². The monoisotopic (exact) mass is 311 g/mol. The smallest absolute Gasteiger partial charge is 0.257 e. The SMILES string of the molecule is COc1cccc(/C=C/C(=O)NS(=O)(=O)C2CCOC2)c1. The number of carbonyl (C=O) groups excluding carboxylic acids is 1. The Kier molecular flexibility index (Phi) is 4.98. The molecule has 0 aliphatic carbocycles. The number of benzene rings is 1. The van der Waals surface area contributed by atoms with E-state index >= 15 is 0 Å². The van der Waals surface area contributed by atoms with Crippen molar-refractivity contribution in [3.63, 3.8) is 0 Å². The Morgan fingerprint density at radius 1 is 1.48 bits per heavy atom. The zero-order valence-corrected chi connectivity index (χ0v) is 12.4. The number of sulfonamides is 1. The van der Waals surface area contributed by atoms with Gasteiger partial charge in [0, 0.05) is 12.7 Å². The molecule has 1 aliphatic heterocycles. The minimum absolute atomic E-state index is 0.127. The van der Waals surface area contributed by atoms with Crippen molar-refractivity contribution in [2.75, 3.05) is 20.3 Å². The van der Waals surface area contributed by atoms with Gasteiger partial charge in [0.2, 0.25) is 10.0 Å². The highest BCUT2D eigenvalue weighted by Gasteiger charge is 2.30. The van der Waals surface area contributed by atoms with Crippen molar-refractivity contribution >= 4 is 22.0 Å². The van der Waals surface area contributed by atoms with Crippen LogP contribution in [-0.2, 0) is 19.6 Å². The molecule has 1 fully saturated rings. The number of ether oxygens (including phenoxy) is 2. The van der Waals surface area contributed by atoms with Gasteiger partial charge in [0.25, 0.3) is 5.91 Å². The molecule has 0 saturated carbocycles. The second-order valence-electron chi connectivity index (χ2n) is 4.61. The first-order chi connectivity index (χ1) is 10.0. The Morgan fingerprint density at radius 2 is 2.29 bits per heavy atom. The molecule has 1 saturated heterocycles. The fourth-order valence-electron chi connectivity index (χ4n) is 1.93. The third-order valence-corrected chi connectivity index (χ3v) is 4.83. The molecule has 0 aromatic heterocycles. The Bertz CT molecular complexity index is 633. The van der Waals surface area contributed by atoms with E-state index in [0.29, 0.717) is 18.8 Å². The van der Waals surface area contributed by atoms with Gasteiger partial charge in [-0.3, -0.25) is 4.79 Å². The average Bonchev–Trinajstić information content (AvgIpc) is 3.00. The highest BCUT2D eigenvalue weighted by Crippen LogP contribution is 2.14. The fraction of sp³-hybridized carbons (Fsp3) is 0.357. The quantitative estimate of drug-likeness (QED) is 0.819. The first-order valence-electron chi connectivity index (χ1n) is 6.47. The van der Waals surface area contributed by atoms with Crippen LogP contribution >= 0.6 is 0 Å². The largest absolute Gasteiger partial charge is 0.497 e. The van der Waals surface area contributed by atoms with Crippen molar-refractivity contribution in [2.45, 2.75) is 11.7 Å². The van der Waals surface area contributed by atoms with E-state index in [2.05, 4.69) is 0 Å². The minimum Gasteiger partial charge on any atom is -0.497 e. The molecule has 1 aromatic rings. The molecule has 1 N–H and O–H groups in total. The average molecular weight is 311 g/mol. The lowest BCUT2D eigenvalue weighted by atomic mass is 10.2. The van der Waals surface area contributed by atoms with Crippen LogP contribution in [0.15, 0.2) is 30.3 Å². The van der Waals surface area contributed by atoms with Crippen LogP contribution < -0.4 is 9.46 Å².